The lowest BCUT2D eigenvalue weighted by molar-refractivity contribution is -0.120. The third-order valence-electron chi connectivity index (χ3n) is 2.28. The molecule has 0 aliphatic carbocycles. The van der Waals surface area contributed by atoms with Crippen LogP contribution in [0.25, 0.3) is 0 Å². The molecule has 0 aliphatic heterocycles. The van der Waals surface area contributed by atoms with Gasteiger partial charge in [0.05, 0.1) is 6.04 Å². The van der Waals surface area contributed by atoms with E-state index in [0.717, 1.165) is 11.3 Å². The number of carbonyl (C=O) groups excluding carboxylic acids is 1. The predicted molar refractivity (Wildman–Crippen MR) is 61.0 cm³/mol. The third kappa shape index (κ3) is 3.59. The molecule has 0 fully saturated rings. The molecule has 4 nitrogen and oxygen atoms in total. The second-order valence-corrected chi connectivity index (χ2v) is 3.49. The van der Waals surface area contributed by atoms with Crippen LogP contribution in [-0.2, 0) is 11.3 Å². The van der Waals surface area contributed by atoms with E-state index < -0.39 is 0 Å². The molecule has 4 heteroatoms. The number of anilines is 1. The Balaban J connectivity index is 2.49. The van der Waals surface area contributed by atoms with Gasteiger partial charge in [0, 0.05) is 12.2 Å². The van der Waals surface area contributed by atoms with Gasteiger partial charge in [-0.1, -0.05) is 19.1 Å². The molecule has 82 valence electrons. The van der Waals surface area contributed by atoms with Crippen LogP contribution in [0, 0.1) is 0 Å². The monoisotopic (exact) mass is 207 g/mol. The lowest BCUT2D eigenvalue weighted by atomic mass is 10.1. The summed E-state index contributed by atoms with van der Waals surface area (Å²) in [6.45, 7) is 2.55. The fourth-order valence-electron chi connectivity index (χ4n) is 1.32. The molecule has 15 heavy (non-hydrogen) atoms. The molecule has 1 unspecified atom stereocenters. The number of rotatable bonds is 5. The van der Waals surface area contributed by atoms with Gasteiger partial charge in [-0.3, -0.25) is 4.79 Å². The first-order valence-electron chi connectivity index (χ1n) is 5.00. The number of nitrogens with one attached hydrogen (secondary N) is 1. The van der Waals surface area contributed by atoms with Crippen LogP contribution in [0.15, 0.2) is 24.3 Å². The molecule has 1 aromatic rings. The van der Waals surface area contributed by atoms with Gasteiger partial charge < -0.3 is 16.8 Å². The summed E-state index contributed by atoms with van der Waals surface area (Å²) in [5.41, 5.74) is 12.6. The summed E-state index contributed by atoms with van der Waals surface area (Å²) in [5, 5.41) is 3.09. The van der Waals surface area contributed by atoms with Crippen LogP contribution >= 0.6 is 0 Å². The first-order chi connectivity index (χ1) is 7.13. The first-order valence-corrected chi connectivity index (χ1v) is 5.00. The molecule has 0 radical (unpaired) electrons. The summed E-state index contributed by atoms with van der Waals surface area (Å²) >= 11 is 0. The van der Waals surface area contributed by atoms with Crippen molar-refractivity contribution in [2.45, 2.75) is 25.9 Å². The maximum absolute atomic E-state index is 10.9. The quantitative estimate of drug-likeness (QED) is 0.619. The zero-order chi connectivity index (χ0) is 11.3. The highest BCUT2D eigenvalue weighted by atomic mass is 16.1. The highest BCUT2D eigenvalue weighted by Crippen LogP contribution is 2.05. The van der Waals surface area contributed by atoms with Crippen LogP contribution < -0.4 is 16.8 Å². The second kappa shape index (κ2) is 5.36. The van der Waals surface area contributed by atoms with Gasteiger partial charge in [0.2, 0.25) is 5.91 Å². The highest BCUT2D eigenvalue weighted by molar-refractivity contribution is 5.79. The Morgan fingerprint density at radius 1 is 1.40 bits per heavy atom. The number of nitrogen functional groups attached to an aromatic ring is 1. The van der Waals surface area contributed by atoms with E-state index >= 15 is 0 Å². The van der Waals surface area contributed by atoms with Crippen molar-refractivity contribution in [2.24, 2.45) is 5.73 Å². The topological polar surface area (TPSA) is 81.1 Å². The van der Waals surface area contributed by atoms with Crippen LogP contribution in [0.3, 0.4) is 0 Å². The van der Waals surface area contributed by atoms with Crippen LogP contribution in [0.5, 0.6) is 0 Å². The van der Waals surface area contributed by atoms with Crippen molar-refractivity contribution in [1.29, 1.82) is 0 Å². The van der Waals surface area contributed by atoms with Crippen LogP contribution in [-0.4, -0.2) is 11.9 Å². The maximum Gasteiger partial charge on any atom is 0.234 e. The third-order valence-corrected chi connectivity index (χ3v) is 2.28. The van der Waals surface area contributed by atoms with Crippen LogP contribution in [0.1, 0.15) is 18.9 Å². The Hall–Kier alpha value is -1.55. The molecule has 5 N–H and O–H groups in total. The molecule has 0 bridgehead atoms. The van der Waals surface area contributed by atoms with Gasteiger partial charge in [0.15, 0.2) is 0 Å². The molecule has 0 spiro atoms. The number of amides is 1. The summed E-state index contributed by atoms with van der Waals surface area (Å²) in [6, 6.07) is 7.26. The van der Waals surface area contributed by atoms with Crippen molar-refractivity contribution < 1.29 is 4.79 Å². The van der Waals surface area contributed by atoms with Gasteiger partial charge in [0.1, 0.15) is 0 Å². The van der Waals surface area contributed by atoms with E-state index in [9.17, 15) is 4.79 Å². The van der Waals surface area contributed by atoms with Gasteiger partial charge in [0.25, 0.3) is 0 Å². The SMILES string of the molecule is CCC(NCc1ccc(N)cc1)C(N)=O. The van der Waals surface area contributed by atoms with E-state index in [2.05, 4.69) is 5.32 Å². The first kappa shape index (κ1) is 11.5. The predicted octanol–water partition coefficient (Wildman–Crippen LogP) is 0.622. The maximum atomic E-state index is 10.9. The summed E-state index contributed by atoms with van der Waals surface area (Å²) in [6.07, 6.45) is 0.699. The van der Waals surface area contributed by atoms with Crippen molar-refractivity contribution in [3.05, 3.63) is 29.8 Å². The number of hydrogen-bond donors (Lipinski definition) is 3. The van der Waals surface area contributed by atoms with E-state index in [1.54, 1.807) is 0 Å². The minimum Gasteiger partial charge on any atom is -0.399 e. The molecule has 0 saturated heterocycles. The Morgan fingerprint density at radius 2 is 2.00 bits per heavy atom. The molecule has 1 atom stereocenters. The second-order valence-electron chi connectivity index (χ2n) is 3.49. The summed E-state index contributed by atoms with van der Waals surface area (Å²) < 4.78 is 0. The number of primary amides is 1. The Kier molecular flexibility index (Phi) is 4.12. The minimum atomic E-state index is -0.312. The minimum absolute atomic E-state index is 0.262. The molecular formula is C11H17N3O. The highest BCUT2D eigenvalue weighted by Gasteiger charge is 2.10. The van der Waals surface area contributed by atoms with Gasteiger partial charge in [-0.2, -0.15) is 0 Å². The molecule has 0 aliphatic rings. The Bertz CT molecular complexity index is 321. The van der Waals surface area contributed by atoms with Crippen molar-refractivity contribution in [2.75, 3.05) is 5.73 Å². The number of carbonyl (C=O) groups is 1. The zero-order valence-corrected chi connectivity index (χ0v) is 8.86. The molecule has 1 aromatic carbocycles. The molecule has 0 heterocycles. The molecule has 0 aromatic heterocycles. The van der Waals surface area contributed by atoms with Gasteiger partial charge in [-0.05, 0) is 24.1 Å². The number of nitrogens with two attached hydrogens (primary N) is 2. The van der Waals surface area contributed by atoms with Crippen molar-refractivity contribution >= 4 is 11.6 Å². The lowest BCUT2D eigenvalue weighted by Crippen LogP contribution is -2.40. The average Bonchev–Trinajstić information content (AvgIpc) is 2.21. The van der Waals surface area contributed by atoms with Crippen molar-refractivity contribution in [3.8, 4) is 0 Å². The molecule has 1 rings (SSSR count). The number of benzene rings is 1. The van der Waals surface area contributed by atoms with E-state index in [-0.39, 0.29) is 11.9 Å². The van der Waals surface area contributed by atoms with Crippen molar-refractivity contribution in [1.82, 2.24) is 5.32 Å². The Morgan fingerprint density at radius 3 is 2.47 bits per heavy atom. The smallest absolute Gasteiger partial charge is 0.234 e. The van der Waals surface area contributed by atoms with E-state index in [4.69, 9.17) is 11.5 Å². The average molecular weight is 207 g/mol. The summed E-state index contributed by atoms with van der Waals surface area (Å²) in [4.78, 5) is 10.9. The van der Waals surface area contributed by atoms with E-state index in [1.165, 1.54) is 0 Å². The fraction of sp³-hybridized carbons (Fsp3) is 0.364. The van der Waals surface area contributed by atoms with Gasteiger partial charge in [-0.15, -0.1) is 0 Å². The van der Waals surface area contributed by atoms with E-state index in [0.29, 0.717) is 13.0 Å². The fourth-order valence-corrected chi connectivity index (χ4v) is 1.32. The molecule has 0 saturated carbocycles. The lowest BCUT2D eigenvalue weighted by Gasteiger charge is -2.12. The largest absolute Gasteiger partial charge is 0.399 e. The van der Waals surface area contributed by atoms with Gasteiger partial charge in [-0.25, -0.2) is 0 Å². The van der Waals surface area contributed by atoms with Crippen LogP contribution in [0.2, 0.25) is 0 Å². The summed E-state index contributed by atoms with van der Waals surface area (Å²) in [5.74, 6) is -0.312. The normalized spacial score (nSPS) is 12.3. The van der Waals surface area contributed by atoms with Crippen LogP contribution in [0.4, 0.5) is 5.69 Å². The Labute approximate surface area is 89.6 Å². The zero-order valence-electron chi connectivity index (χ0n) is 8.86. The standard InChI is InChI=1S/C11H17N3O/c1-2-10(11(13)15)14-7-8-3-5-9(12)6-4-8/h3-6,10,14H,2,7,12H2,1H3,(H2,13,15). The van der Waals surface area contributed by atoms with Gasteiger partial charge >= 0.3 is 0 Å². The van der Waals surface area contributed by atoms with Crippen molar-refractivity contribution in [3.63, 3.8) is 0 Å². The van der Waals surface area contributed by atoms with E-state index in [1.807, 2.05) is 31.2 Å². The summed E-state index contributed by atoms with van der Waals surface area (Å²) in [7, 11) is 0. The number of hydrogen-bond acceptors (Lipinski definition) is 3. The molecular weight excluding hydrogens is 190 g/mol. The molecule has 1 amide bonds.